The van der Waals surface area contributed by atoms with E-state index in [1.165, 1.54) is 21.9 Å². The van der Waals surface area contributed by atoms with Crippen LogP contribution in [-0.2, 0) is 0 Å². The molecule has 0 unspecified atom stereocenters. The molecule has 3 heteroatoms. The van der Waals surface area contributed by atoms with Crippen molar-refractivity contribution in [3.8, 4) is 11.1 Å². The Kier molecular flexibility index (Phi) is 6.91. The first-order valence-corrected chi connectivity index (χ1v) is 16.7. The number of benzene rings is 7. The second-order valence-electron chi connectivity index (χ2n) is 12.4. The zero-order valence-corrected chi connectivity index (χ0v) is 27.4. The molecule has 0 aliphatic rings. The molecule has 234 valence electrons. The van der Waals surface area contributed by atoms with Gasteiger partial charge in [-0.2, -0.15) is 0 Å². The Morgan fingerprint density at radius 1 is 0.510 bits per heavy atom. The van der Waals surface area contributed by atoms with Crippen molar-refractivity contribution in [2.24, 2.45) is 0 Å². The highest BCUT2D eigenvalue weighted by molar-refractivity contribution is 6.14. The SMILES string of the molecule is C/C=C\C(=C/C)c1ccc(N(c2ccc3c(c2)oc2ccccc23)c2ccccc2-c2cccc3c2oc2cc4ccccc4cc23)cc1. The third-order valence-electron chi connectivity index (χ3n) is 9.54. The van der Waals surface area contributed by atoms with E-state index in [1.807, 2.05) is 12.1 Å². The predicted molar refractivity (Wildman–Crippen MR) is 207 cm³/mol. The molecule has 0 amide bonds. The van der Waals surface area contributed by atoms with Crippen molar-refractivity contribution in [1.82, 2.24) is 0 Å². The Bertz CT molecular complexity index is 2740. The lowest BCUT2D eigenvalue weighted by Gasteiger charge is -2.28. The summed E-state index contributed by atoms with van der Waals surface area (Å²) in [6.07, 6.45) is 6.37. The monoisotopic (exact) mass is 631 g/mol. The van der Waals surface area contributed by atoms with Crippen LogP contribution in [-0.4, -0.2) is 0 Å². The molecule has 2 aromatic heterocycles. The highest BCUT2D eigenvalue weighted by atomic mass is 16.3. The third kappa shape index (κ3) is 4.82. The van der Waals surface area contributed by atoms with Crippen LogP contribution < -0.4 is 4.90 Å². The first-order valence-electron chi connectivity index (χ1n) is 16.7. The summed E-state index contributed by atoms with van der Waals surface area (Å²) < 4.78 is 13.1. The number of hydrogen-bond acceptors (Lipinski definition) is 3. The van der Waals surface area contributed by atoms with Crippen LogP contribution in [0.3, 0.4) is 0 Å². The van der Waals surface area contributed by atoms with Crippen molar-refractivity contribution in [1.29, 1.82) is 0 Å². The average molecular weight is 632 g/mol. The molecular formula is C46H33NO2. The quantitative estimate of drug-likeness (QED) is 0.171. The molecule has 0 bridgehead atoms. The van der Waals surface area contributed by atoms with Gasteiger partial charge in [0.05, 0.1) is 5.69 Å². The molecule has 2 heterocycles. The van der Waals surface area contributed by atoms with Crippen LogP contribution in [0.25, 0.3) is 71.3 Å². The van der Waals surface area contributed by atoms with Crippen LogP contribution in [0.1, 0.15) is 19.4 Å². The maximum Gasteiger partial charge on any atom is 0.143 e. The maximum atomic E-state index is 6.71. The number of hydrogen-bond donors (Lipinski definition) is 0. The summed E-state index contributed by atoms with van der Waals surface area (Å²) >= 11 is 0. The van der Waals surface area contributed by atoms with Crippen molar-refractivity contribution in [2.75, 3.05) is 4.90 Å². The van der Waals surface area contributed by atoms with Gasteiger partial charge in [0.2, 0.25) is 0 Å². The van der Waals surface area contributed by atoms with Crippen LogP contribution in [0.2, 0.25) is 0 Å². The zero-order chi connectivity index (χ0) is 32.9. The number of para-hydroxylation sites is 3. The molecule has 9 aromatic rings. The van der Waals surface area contributed by atoms with Crippen LogP contribution >= 0.6 is 0 Å². The molecule has 7 aromatic carbocycles. The first kappa shape index (κ1) is 28.9. The molecule has 0 spiro atoms. The van der Waals surface area contributed by atoms with E-state index in [-0.39, 0.29) is 0 Å². The molecular weight excluding hydrogens is 599 g/mol. The van der Waals surface area contributed by atoms with E-state index >= 15 is 0 Å². The molecule has 49 heavy (non-hydrogen) atoms. The highest BCUT2D eigenvalue weighted by Gasteiger charge is 2.21. The summed E-state index contributed by atoms with van der Waals surface area (Å²) in [7, 11) is 0. The van der Waals surface area contributed by atoms with Gasteiger partial charge in [-0.25, -0.2) is 0 Å². The lowest BCUT2D eigenvalue weighted by Crippen LogP contribution is -2.11. The minimum Gasteiger partial charge on any atom is -0.456 e. The van der Waals surface area contributed by atoms with Gasteiger partial charge in [-0.3, -0.25) is 0 Å². The molecule has 3 nitrogen and oxygen atoms in total. The van der Waals surface area contributed by atoms with E-state index in [9.17, 15) is 0 Å². The number of fused-ring (bicyclic) bond motifs is 7. The van der Waals surface area contributed by atoms with E-state index in [0.717, 1.165) is 72.1 Å². The Balaban J connectivity index is 1.26. The van der Waals surface area contributed by atoms with Crippen LogP contribution in [0.15, 0.2) is 173 Å². The van der Waals surface area contributed by atoms with Crippen LogP contribution in [0.4, 0.5) is 17.1 Å². The molecule has 0 N–H and O–H groups in total. The standard InChI is InChI=1S/C46H33NO2/c1-3-12-30(4-2)31-21-23-34(24-22-31)47(35-25-26-38-37-16-8-10-20-43(37)48-45(38)29-35)42-19-9-7-15-36(42)39-17-11-18-40-41-27-32-13-5-6-14-33(32)28-44(41)49-46(39)40/h3-29H,1-2H3/b12-3-,30-4+. The van der Waals surface area contributed by atoms with Crippen molar-refractivity contribution >= 4 is 77.3 Å². The highest BCUT2D eigenvalue weighted by Crippen LogP contribution is 2.45. The number of rotatable bonds is 6. The lowest BCUT2D eigenvalue weighted by molar-refractivity contribution is 0.669. The Morgan fingerprint density at radius 3 is 2.02 bits per heavy atom. The third-order valence-corrected chi connectivity index (χ3v) is 9.54. The van der Waals surface area contributed by atoms with Gasteiger partial charge >= 0.3 is 0 Å². The molecule has 0 atom stereocenters. The Labute approximate surface area is 284 Å². The topological polar surface area (TPSA) is 29.5 Å². The van der Waals surface area contributed by atoms with Gasteiger partial charge in [0.25, 0.3) is 0 Å². The van der Waals surface area contributed by atoms with E-state index in [2.05, 4.69) is 170 Å². The van der Waals surface area contributed by atoms with E-state index in [0.29, 0.717) is 0 Å². The van der Waals surface area contributed by atoms with E-state index < -0.39 is 0 Å². The largest absolute Gasteiger partial charge is 0.456 e. The fraction of sp³-hybridized carbons (Fsp3) is 0.0435. The summed E-state index contributed by atoms with van der Waals surface area (Å²) in [6.45, 7) is 4.13. The second kappa shape index (κ2) is 11.7. The zero-order valence-electron chi connectivity index (χ0n) is 27.4. The predicted octanol–water partition coefficient (Wildman–Crippen LogP) is 13.8. The number of anilines is 3. The average Bonchev–Trinajstić information content (AvgIpc) is 3.71. The maximum absolute atomic E-state index is 6.71. The van der Waals surface area contributed by atoms with Gasteiger partial charge in [-0.05, 0) is 84.3 Å². The Morgan fingerprint density at radius 2 is 1.18 bits per heavy atom. The van der Waals surface area contributed by atoms with Gasteiger partial charge in [-0.15, -0.1) is 0 Å². The van der Waals surface area contributed by atoms with E-state index in [4.69, 9.17) is 8.83 Å². The van der Waals surface area contributed by atoms with Crippen LogP contribution in [0, 0.1) is 0 Å². The minimum absolute atomic E-state index is 0.855. The van der Waals surface area contributed by atoms with Crippen molar-refractivity contribution in [3.63, 3.8) is 0 Å². The van der Waals surface area contributed by atoms with E-state index in [1.54, 1.807) is 0 Å². The van der Waals surface area contributed by atoms with Crippen molar-refractivity contribution < 1.29 is 8.83 Å². The van der Waals surface area contributed by atoms with Crippen molar-refractivity contribution in [2.45, 2.75) is 13.8 Å². The van der Waals surface area contributed by atoms with Gasteiger partial charge in [0, 0.05) is 50.1 Å². The number of furan rings is 2. The molecule has 9 rings (SSSR count). The number of allylic oxidation sites excluding steroid dienone is 4. The summed E-state index contributed by atoms with van der Waals surface area (Å²) in [5.74, 6) is 0. The first-order chi connectivity index (χ1) is 24.2. The summed E-state index contributed by atoms with van der Waals surface area (Å²) in [6, 6.07) is 51.5. The number of nitrogens with zero attached hydrogens (tertiary/aromatic N) is 1. The molecule has 0 fully saturated rings. The molecule has 0 saturated heterocycles. The Hall–Kier alpha value is -6.32. The second-order valence-corrected chi connectivity index (χ2v) is 12.4. The minimum atomic E-state index is 0.855. The van der Waals surface area contributed by atoms with Gasteiger partial charge in [0.1, 0.15) is 22.3 Å². The molecule has 0 aliphatic carbocycles. The normalized spacial score (nSPS) is 12.3. The van der Waals surface area contributed by atoms with Gasteiger partial charge in [-0.1, -0.05) is 109 Å². The van der Waals surface area contributed by atoms with Crippen molar-refractivity contribution in [3.05, 3.63) is 169 Å². The lowest BCUT2D eigenvalue weighted by atomic mass is 9.98. The summed E-state index contributed by atoms with van der Waals surface area (Å²) in [4.78, 5) is 2.33. The summed E-state index contributed by atoms with van der Waals surface area (Å²) in [5.41, 5.74) is 11.1. The van der Waals surface area contributed by atoms with Crippen LogP contribution in [0.5, 0.6) is 0 Å². The fourth-order valence-corrected chi connectivity index (χ4v) is 7.21. The fourth-order valence-electron chi connectivity index (χ4n) is 7.21. The molecule has 0 saturated carbocycles. The van der Waals surface area contributed by atoms with Gasteiger partial charge < -0.3 is 13.7 Å². The smallest absolute Gasteiger partial charge is 0.143 e. The summed E-state index contributed by atoms with van der Waals surface area (Å²) in [5, 5.41) is 6.82. The van der Waals surface area contributed by atoms with Gasteiger partial charge in [0.15, 0.2) is 0 Å². The molecule has 0 radical (unpaired) electrons. The molecule has 0 aliphatic heterocycles.